The number of allylic oxidation sites excluding steroid dienone is 3. The van der Waals surface area contributed by atoms with Crippen molar-refractivity contribution in [2.75, 3.05) is 0 Å². The highest BCUT2D eigenvalue weighted by Crippen LogP contribution is 2.27. The number of primary amides is 1. The smallest absolute Gasteiger partial charge is 0.245 e. The molecule has 3 heteroatoms. The minimum atomic E-state index is -0.327. The van der Waals surface area contributed by atoms with E-state index in [0.717, 1.165) is 29.5 Å². The summed E-state index contributed by atoms with van der Waals surface area (Å²) in [6.07, 6.45) is 5.64. The number of carbonyl (C=O) groups is 1. The van der Waals surface area contributed by atoms with Gasteiger partial charge in [0, 0.05) is 12.1 Å². The molecular weight excluding hydrogens is 212 g/mol. The maximum Gasteiger partial charge on any atom is 0.245 e. The minimum absolute atomic E-state index is 0.327. The molecule has 1 aromatic rings. The van der Waals surface area contributed by atoms with E-state index in [4.69, 9.17) is 11.5 Å². The molecule has 0 bridgehead atoms. The van der Waals surface area contributed by atoms with Gasteiger partial charge in [0.25, 0.3) is 0 Å². The van der Waals surface area contributed by atoms with Crippen LogP contribution in [0, 0.1) is 0 Å². The number of benzene rings is 1. The number of hydrogen-bond donors (Lipinski definition) is 2. The second kappa shape index (κ2) is 4.97. The van der Waals surface area contributed by atoms with Gasteiger partial charge in [0.15, 0.2) is 0 Å². The van der Waals surface area contributed by atoms with Crippen molar-refractivity contribution < 1.29 is 4.79 Å². The Kier molecular flexibility index (Phi) is 3.40. The van der Waals surface area contributed by atoms with Gasteiger partial charge in [0.2, 0.25) is 5.91 Å². The van der Waals surface area contributed by atoms with Crippen molar-refractivity contribution in [2.45, 2.75) is 19.4 Å². The lowest BCUT2D eigenvalue weighted by Crippen LogP contribution is -2.16. The summed E-state index contributed by atoms with van der Waals surface area (Å²) in [5, 5.41) is 0. The van der Waals surface area contributed by atoms with E-state index in [1.165, 1.54) is 0 Å². The van der Waals surface area contributed by atoms with Crippen LogP contribution in [-0.2, 0) is 11.3 Å². The summed E-state index contributed by atoms with van der Waals surface area (Å²) in [4.78, 5) is 11.4. The molecule has 0 atom stereocenters. The molecule has 1 aliphatic carbocycles. The monoisotopic (exact) mass is 228 g/mol. The summed E-state index contributed by atoms with van der Waals surface area (Å²) in [5.74, 6) is -0.327. The lowest BCUT2D eigenvalue weighted by molar-refractivity contribution is -0.114. The molecule has 1 amide bonds. The lowest BCUT2D eigenvalue weighted by Gasteiger charge is -2.14. The van der Waals surface area contributed by atoms with Gasteiger partial charge in [-0.2, -0.15) is 0 Å². The van der Waals surface area contributed by atoms with Crippen molar-refractivity contribution in [2.24, 2.45) is 11.5 Å². The predicted molar refractivity (Wildman–Crippen MR) is 68.8 cm³/mol. The van der Waals surface area contributed by atoms with E-state index < -0.39 is 0 Å². The third kappa shape index (κ3) is 2.45. The topological polar surface area (TPSA) is 69.1 Å². The van der Waals surface area contributed by atoms with E-state index in [1.54, 1.807) is 0 Å². The van der Waals surface area contributed by atoms with E-state index in [9.17, 15) is 4.79 Å². The van der Waals surface area contributed by atoms with Gasteiger partial charge in [-0.05, 0) is 29.5 Å². The number of hydrogen-bond acceptors (Lipinski definition) is 2. The van der Waals surface area contributed by atoms with Crippen LogP contribution >= 0.6 is 0 Å². The Morgan fingerprint density at radius 1 is 1.24 bits per heavy atom. The van der Waals surface area contributed by atoms with Crippen LogP contribution in [0.5, 0.6) is 0 Å². The minimum Gasteiger partial charge on any atom is -0.366 e. The molecular formula is C14H16N2O. The van der Waals surface area contributed by atoms with Gasteiger partial charge in [0.05, 0.1) is 0 Å². The molecule has 0 heterocycles. The second-order valence-corrected chi connectivity index (χ2v) is 4.10. The first-order valence-corrected chi connectivity index (χ1v) is 5.71. The number of amides is 1. The third-order valence-electron chi connectivity index (χ3n) is 2.97. The largest absolute Gasteiger partial charge is 0.366 e. The molecule has 4 N–H and O–H groups in total. The Bertz CT molecular complexity index is 483. The zero-order chi connectivity index (χ0) is 12.3. The average Bonchev–Trinajstić information content (AvgIpc) is 2.39. The second-order valence-electron chi connectivity index (χ2n) is 4.10. The van der Waals surface area contributed by atoms with Crippen LogP contribution in [0.3, 0.4) is 0 Å². The van der Waals surface area contributed by atoms with Crippen LogP contribution in [0.15, 0.2) is 42.0 Å². The van der Waals surface area contributed by atoms with Crippen molar-refractivity contribution in [3.05, 3.63) is 53.1 Å². The fraction of sp³-hybridized carbons (Fsp3) is 0.214. The van der Waals surface area contributed by atoms with Crippen LogP contribution < -0.4 is 11.5 Å². The van der Waals surface area contributed by atoms with Crippen LogP contribution in [-0.4, -0.2) is 5.91 Å². The van der Waals surface area contributed by atoms with Crippen molar-refractivity contribution >= 4 is 11.5 Å². The van der Waals surface area contributed by atoms with Crippen LogP contribution in [0.2, 0.25) is 0 Å². The molecule has 0 aromatic heterocycles. The van der Waals surface area contributed by atoms with Crippen LogP contribution in [0.4, 0.5) is 0 Å². The van der Waals surface area contributed by atoms with E-state index in [1.807, 2.05) is 30.3 Å². The zero-order valence-corrected chi connectivity index (χ0v) is 9.65. The summed E-state index contributed by atoms with van der Waals surface area (Å²) in [7, 11) is 0. The SMILES string of the molecule is NCc1ccc(C2=C(C(N)=O)CCC=C2)cc1. The molecule has 0 radical (unpaired) electrons. The molecule has 0 spiro atoms. The zero-order valence-electron chi connectivity index (χ0n) is 9.65. The molecule has 3 nitrogen and oxygen atoms in total. The van der Waals surface area contributed by atoms with Gasteiger partial charge in [-0.1, -0.05) is 36.4 Å². The molecule has 0 saturated carbocycles. The Morgan fingerprint density at radius 2 is 1.94 bits per heavy atom. The molecule has 0 saturated heterocycles. The lowest BCUT2D eigenvalue weighted by atomic mass is 9.91. The summed E-state index contributed by atoms with van der Waals surface area (Å²) in [5.41, 5.74) is 14.7. The first-order chi connectivity index (χ1) is 8.22. The molecule has 88 valence electrons. The third-order valence-corrected chi connectivity index (χ3v) is 2.97. The number of nitrogens with two attached hydrogens (primary N) is 2. The van der Waals surface area contributed by atoms with Gasteiger partial charge < -0.3 is 11.5 Å². The maximum absolute atomic E-state index is 11.4. The van der Waals surface area contributed by atoms with Gasteiger partial charge >= 0.3 is 0 Å². The molecule has 1 aromatic carbocycles. The van der Waals surface area contributed by atoms with Crippen LogP contribution in [0.1, 0.15) is 24.0 Å². The van der Waals surface area contributed by atoms with Crippen molar-refractivity contribution in [3.63, 3.8) is 0 Å². The van der Waals surface area contributed by atoms with E-state index in [0.29, 0.717) is 12.1 Å². The first-order valence-electron chi connectivity index (χ1n) is 5.71. The molecule has 0 unspecified atom stereocenters. The maximum atomic E-state index is 11.4. The number of carbonyl (C=O) groups excluding carboxylic acids is 1. The fourth-order valence-electron chi connectivity index (χ4n) is 2.01. The first kappa shape index (κ1) is 11.6. The molecule has 0 aliphatic heterocycles. The van der Waals surface area contributed by atoms with Gasteiger partial charge in [0.1, 0.15) is 0 Å². The van der Waals surface area contributed by atoms with Crippen molar-refractivity contribution in [1.82, 2.24) is 0 Å². The molecule has 2 rings (SSSR count). The van der Waals surface area contributed by atoms with Crippen molar-refractivity contribution in [3.8, 4) is 0 Å². The Labute approximate surface area is 101 Å². The Balaban J connectivity index is 2.42. The van der Waals surface area contributed by atoms with Gasteiger partial charge in [-0.3, -0.25) is 4.79 Å². The van der Waals surface area contributed by atoms with E-state index in [2.05, 4.69) is 6.08 Å². The summed E-state index contributed by atoms with van der Waals surface area (Å²) in [6, 6.07) is 7.92. The Morgan fingerprint density at radius 3 is 2.53 bits per heavy atom. The van der Waals surface area contributed by atoms with Crippen molar-refractivity contribution in [1.29, 1.82) is 0 Å². The molecule has 1 aliphatic rings. The van der Waals surface area contributed by atoms with Crippen LogP contribution in [0.25, 0.3) is 5.57 Å². The normalized spacial score (nSPS) is 15.1. The predicted octanol–water partition coefficient (Wildman–Crippen LogP) is 1.73. The average molecular weight is 228 g/mol. The quantitative estimate of drug-likeness (QED) is 0.827. The Hall–Kier alpha value is -1.87. The standard InChI is InChI=1S/C14H16N2O/c15-9-10-5-7-11(8-6-10)12-3-1-2-4-13(12)14(16)17/h1,3,5-8H,2,4,9,15H2,(H2,16,17). The number of rotatable bonds is 3. The molecule has 17 heavy (non-hydrogen) atoms. The summed E-state index contributed by atoms with van der Waals surface area (Å²) >= 11 is 0. The van der Waals surface area contributed by atoms with E-state index >= 15 is 0 Å². The highest BCUT2D eigenvalue weighted by molar-refractivity contribution is 6.02. The highest BCUT2D eigenvalue weighted by atomic mass is 16.1. The highest BCUT2D eigenvalue weighted by Gasteiger charge is 2.14. The van der Waals surface area contributed by atoms with E-state index in [-0.39, 0.29) is 5.91 Å². The summed E-state index contributed by atoms with van der Waals surface area (Å²) in [6.45, 7) is 0.526. The fourth-order valence-corrected chi connectivity index (χ4v) is 2.01. The summed E-state index contributed by atoms with van der Waals surface area (Å²) < 4.78 is 0. The van der Waals surface area contributed by atoms with Gasteiger partial charge in [-0.25, -0.2) is 0 Å². The van der Waals surface area contributed by atoms with Gasteiger partial charge in [-0.15, -0.1) is 0 Å². The molecule has 0 fully saturated rings.